The normalized spacial score (nSPS) is 15.4. The number of hydrogen-bond donors (Lipinski definition) is 3. The van der Waals surface area contributed by atoms with Crippen LogP contribution in [-0.2, 0) is 17.8 Å². The third-order valence-electron chi connectivity index (χ3n) is 5.56. The van der Waals surface area contributed by atoms with Crippen LogP contribution in [0.1, 0.15) is 11.1 Å². The molecule has 1 aromatic heterocycles. The highest BCUT2D eigenvalue weighted by molar-refractivity contribution is 7.99. The second kappa shape index (κ2) is 10.2. The fraction of sp³-hybridized carbons (Fsp3) is 0.333. The first-order chi connectivity index (χ1) is 15.5. The second-order valence-electron chi connectivity index (χ2n) is 8.11. The van der Waals surface area contributed by atoms with Crippen LogP contribution in [-0.4, -0.2) is 60.5 Å². The van der Waals surface area contributed by atoms with E-state index in [0.717, 1.165) is 45.3 Å². The van der Waals surface area contributed by atoms with Crippen LogP contribution in [0.5, 0.6) is 5.75 Å². The van der Waals surface area contributed by atoms with Crippen molar-refractivity contribution in [3.63, 3.8) is 0 Å². The lowest BCUT2D eigenvalue weighted by Gasteiger charge is -2.26. The molecule has 0 radical (unpaired) electrons. The van der Waals surface area contributed by atoms with E-state index in [0.29, 0.717) is 13.0 Å². The Balaban J connectivity index is 1.51. The summed E-state index contributed by atoms with van der Waals surface area (Å²) in [6.07, 6.45) is 4.31. The molecule has 1 amide bonds. The SMILES string of the molecule is COc1ccc2c(c1)CC(C(=O)Nc1ccc(-c3cn[nH]c3)cc1SCCN(C)C)NC2. The van der Waals surface area contributed by atoms with Gasteiger partial charge in [-0.3, -0.25) is 9.89 Å². The first-order valence-corrected chi connectivity index (χ1v) is 11.6. The Bertz CT molecular complexity index is 1070. The number of carbonyl (C=O) groups excluding carboxylic acids is 1. The van der Waals surface area contributed by atoms with Gasteiger partial charge in [0, 0.05) is 35.5 Å². The lowest BCUT2D eigenvalue weighted by Crippen LogP contribution is -2.44. The number of nitrogens with one attached hydrogen (secondary N) is 3. The topological polar surface area (TPSA) is 82.3 Å². The van der Waals surface area contributed by atoms with Crippen molar-refractivity contribution in [1.82, 2.24) is 20.4 Å². The summed E-state index contributed by atoms with van der Waals surface area (Å²) in [5, 5.41) is 13.4. The predicted molar refractivity (Wildman–Crippen MR) is 129 cm³/mol. The fourth-order valence-electron chi connectivity index (χ4n) is 3.69. The Hall–Kier alpha value is -2.81. The summed E-state index contributed by atoms with van der Waals surface area (Å²) in [6, 6.07) is 11.9. The smallest absolute Gasteiger partial charge is 0.241 e. The molecule has 32 heavy (non-hydrogen) atoms. The third kappa shape index (κ3) is 5.32. The molecule has 0 aliphatic carbocycles. The minimum absolute atomic E-state index is 0.0241. The number of thioether (sulfide) groups is 1. The van der Waals surface area contributed by atoms with Gasteiger partial charge in [0.2, 0.25) is 5.91 Å². The van der Waals surface area contributed by atoms with Gasteiger partial charge in [-0.25, -0.2) is 0 Å². The van der Waals surface area contributed by atoms with E-state index in [1.807, 2.05) is 30.5 Å². The maximum Gasteiger partial charge on any atom is 0.241 e. The molecule has 0 saturated heterocycles. The van der Waals surface area contributed by atoms with Gasteiger partial charge in [0.25, 0.3) is 0 Å². The quantitative estimate of drug-likeness (QED) is 0.456. The van der Waals surface area contributed by atoms with Crippen molar-refractivity contribution in [2.75, 3.05) is 38.8 Å². The van der Waals surface area contributed by atoms with Crippen molar-refractivity contribution < 1.29 is 9.53 Å². The zero-order valence-electron chi connectivity index (χ0n) is 18.6. The molecule has 168 valence electrons. The van der Waals surface area contributed by atoms with Gasteiger partial charge < -0.3 is 20.3 Å². The molecule has 2 heterocycles. The Morgan fingerprint density at radius 1 is 1.22 bits per heavy atom. The van der Waals surface area contributed by atoms with E-state index >= 15 is 0 Å². The van der Waals surface area contributed by atoms with E-state index in [-0.39, 0.29) is 11.9 Å². The van der Waals surface area contributed by atoms with Crippen LogP contribution in [0.4, 0.5) is 5.69 Å². The molecule has 1 atom stereocenters. The summed E-state index contributed by atoms with van der Waals surface area (Å²) in [4.78, 5) is 16.4. The van der Waals surface area contributed by atoms with Crippen LogP contribution in [0.15, 0.2) is 53.7 Å². The van der Waals surface area contributed by atoms with Crippen molar-refractivity contribution in [2.45, 2.75) is 23.9 Å². The molecule has 0 saturated carbocycles. The number of benzene rings is 2. The van der Waals surface area contributed by atoms with E-state index in [4.69, 9.17) is 4.74 Å². The van der Waals surface area contributed by atoms with Crippen LogP contribution >= 0.6 is 11.8 Å². The molecule has 4 rings (SSSR count). The molecule has 0 bridgehead atoms. The molecule has 1 aliphatic heterocycles. The first kappa shape index (κ1) is 22.4. The highest BCUT2D eigenvalue weighted by Gasteiger charge is 2.25. The summed E-state index contributed by atoms with van der Waals surface area (Å²) in [5.41, 5.74) is 5.29. The number of aromatic amines is 1. The van der Waals surface area contributed by atoms with Gasteiger partial charge in [-0.1, -0.05) is 12.1 Å². The maximum absolute atomic E-state index is 13.1. The van der Waals surface area contributed by atoms with E-state index in [1.54, 1.807) is 25.1 Å². The molecule has 0 spiro atoms. The van der Waals surface area contributed by atoms with Crippen LogP contribution in [0.25, 0.3) is 11.1 Å². The average Bonchev–Trinajstić information content (AvgIpc) is 3.34. The molecule has 0 fully saturated rings. The number of anilines is 1. The lowest BCUT2D eigenvalue weighted by atomic mass is 9.95. The third-order valence-corrected chi connectivity index (χ3v) is 6.60. The summed E-state index contributed by atoms with van der Waals surface area (Å²) in [7, 11) is 5.79. The molecule has 7 nitrogen and oxygen atoms in total. The van der Waals surface area contributed by atoms with Crippen LogP contribution in [0.2, 0.25) is 0 Å². The highest BCUT2D eigenvalue weighted by atomic mass is 32.2. The predicted octanol–water partition coefficient (Wildman–Crippen LogP) is 3.39. The molecule has 1 unspecified atom stereocenters. The average molecular weight is 452 g/mol. The Labute approximate surface area is 192 Å². The summed E-state index contributed by atoms with van der Waals surface area (Å²) in [6.45, 7) is 1.62. The number of hydrogen-bond acceptors (Lipinski definition) is 6. The van der Waals surface area contributed by atoms with Gasteiger partial charge in [0.05, 0.1) is 25.0 Å². The molecule has 8 heteroatoms. The van der Waals surface area contributed by atoms with Crippen LogP contribution in [0.3, 0.4) is 0 Å². The molecule has 3 aromatic rings. The van der Waals surface area contributed by atoms with E-state index in [9.17, 15) is 4.79 Å². The molecular weight excluding hydrogens is 422 g/mol. The number of H-pyrrole nitrogens is 1. The number of fused-ring (bicyclic) bond motifs is 1. The minimum atomic E-state index is -0.289. The number of nitrogens with zero attached hydrogens (tertiary/aromatic N) is 2. The van der Waals surface area contributed by atoms with E-state index < -0.39 is 0 Å². The van der Waals surface area contributed by atoms with Crippen molar-refractivity contribution in [3.8, 4) is 16.9 Å². The number of rotatable bonds is 8. The first-order valence-electron chi connectivity index (χ1n) is 10.6. The monoisotopic (exact) mass is 451 g/mol. The van der Waals surface area contributed by atoms with Crippen molar-refractivity contribution in [3.05, 3.63) is 59.9 Å². The van der Waals surface area contributed by atoms with Crippen molar-refractivity contribution in [2.24, 2.45) is 0 Å². The summed E-state index contributed by atoms with van der Waals surface area (Å²) >= 11 is 1.75. The fourth-order valence-corrected chi connectivity index (χ4v) is 4.85. The van der Waals surface area contributed by atoms with Gasteiger partial charge >= 0.3 is 0 Å². The summed E-state index contributed by atoms with van der Waals surface area (Å²) < 4.78 is 5.35. The van der Waals surface area contributed by atoms with Crippen LogP contribution in [0, 0.1) is 0 Å². The zero-order chi connectivity index (χ0) is 22.5. The van der Waals surface area contributed by atoms with Crippen molar-refractivity contribution in [1.29, 1.82) is 0 Å². The zero-order valence-corrected chi connectivity index (χ0v) is 19.5. The number of aromatic nitrogens is 2. The van der Waals surface area contributed by atoms with E-state index in [1.165, 1.54) is 5.56 Å². The highest BCUT2D eigenvalue weighted by Crippen LogP contribution is 2.32. The number of amides is 1. The number of methoxy groups -OCH3 is 1. The van der Waals surface area contributed by atoms with E-state index in [2.05, 4.69) is 52.0 Å². The van der Waals surface area contributed by atoms with Gasteiger partial charge in [-0.15, -0.1) is 11.8 Å². The second-order valence-corrected chi connectivity index (χ2v) is 9.25. The Morgan fingerprint density at radius 3 is 2.84 bits per heavy atom. The molecule has 1 aliphatic rings. The maximum atomic E-state index is 13.1. The number of carbonyl (C=O) groups is 1. The van der Waals surface area contributed by atoms with Gasteiger partial charge in [-0.2, -0.15) is 5.10 Å². The number of ether oxygens (including phenoxy) is 1. The molecule has 2 aromatic carbocycles. The van der Waals surface area contributed by atoms with Gasteiger partial charge in [0.1, 0.15) is 5.75 Å². The van der Waals surface area contributed by atoms with Gasteiger partial charge in [-0.05, 0) is 61.5 Å². The largest absolute Gasteiger partial charge is 0.497 e. The van der Waals surface area contributed by atoms with Crippen LogP contribution < -0.4 is 15.4 Å². The molecule has 3 N–H and O–H groups in total. The molecular formula is C24H29N5O2S. The van der Waals surface area contributed by atoms with Gasteiger partial charge in [0.15, 0.2) is 0 Å². The standard InChI is InChI=1S/C24H29N5O2S/c1-29(2)8-9-32-23-12-16(19-14-26-27-15-19)5-7-21(23)28-24(30)22-11-18-10-20(31-3)6-4-17(18)13-25-22/h4-7,10,12,14-15,22,25H,8-9,11,13H2,1-3H3,(H,26,27)(H,28,30). The minimum Gasteiger partial charge on any atom is -0.497 e. The Kier molecular flexibility index (Phi) is 7.14. The van der Waals surface area contributed by atoms with Crippen molar-refractivity contribution >= 4 is 23.4 Å². The Morgan fingerprint density at radius 2 is 2.09 bits per heavy atom. The summed E-state index contributed by atoms with van der Waals surface area (Å²) in [5.74, 6) is 1.72. The lowest BCUT2D eigenvalue weighted by molar-refractivity contribution is -0.118.